The Morgan fingerprint density at radius 1 is 1.22 bits per heavy atom. The van der Waals surface area contributed by atoms with Gasteiger partial charge in [0.25, 0.3) is 5.92 Å². The van der Waals surface area contributed by atoms with Crippen LogP contribution in [0.5, 0.6) is 0 Å². The molecule has 1 N–H and O–H groups in total. The lowest BCUT2D eigenvalue weighted by Crippen LogP contribution is -2.53. The summed E-state index contributed by atoms with van der Waals surface area (Å²) in [5, 5.41) is 9.97. The number of amides is 1. The fourth-order valence-electron chi connectivity index (χ4n) is 3.51. The number of halogens is 2. The molecule has 0 aromatic rings. The van der Waals surface area contributed by atoms with E-state index in [-0.39, 0.29) is 25.4 Å². The van der Waals surface area contributed by atoms with Crippen LogP contribution in [0.1, 0.15) is 38.5 Å². The number of piperidine rings is 1. The van der Waals surface area contributed by atoms with E-state index in [0.29, 0.717) is 25.7 Å². The number of carbonyl (C=O) groups excluding carboxylic acids is 1. The van der Waals surface area contributed by atoms with E-state index < -0.39 is 23.4 Å². The predicted octanol–water partition coefficient (Wildman–Crippen LogP) is 1.80. The normalized spacial score (nSPS) is 36.3. The molecule has 2 unspecified atom stereocenters. The van der Waals surface area contributed by atoms with Crippen LogP contribution in [0, 0.1) is 11.8 Å². The van der Waals surface area contributed by atoms with E-state index in [1.165, 1.54) is 0 Å². The fraction of sp³-hybridized carbons (Fsp3) is 0.923. The lowest BCUT2D eigenvalue weighted by Gasteiger charge is -2.41. The molecule has 3 rings (SSSR count). The second-order valence-corrected chi connectivity index (χ2v) is 6.20. The third kappa shape index (κ3) is 1.83. The third-order valence-corrected chi connectivity index (χ3v) is 4.95. The molecule has 18 heavy (non-hydrogen) atoms. The summed E-state index contributed by atoms with van der Waals surface area (Å²) >= 11 is 0. The van der Waals surface area contributed by atoms with Crippen LogP contribution in [0.4, 0.5) is 8.78 Å². The van der Waals surface area contributed by atoms with Gasteiger partial charge in [0, 0.05) is 24.9 Å². The Bertz CT molecular complexity index is 352. The number of carbonyl (C=O) groups is 1. The molecule has 2 bridgehead atoms. The Kier molecular flexibility index (Phi) is 2.66. The number of hydrogen-bond acceptors (Lipinski definition) is 2. The second-order valence-electron chi connectivity index (χ2n) is 6.20. The van der Waals surface area contributed by atoms with Crippen LogP contribution in [-0.4, -0.2) is 40.5 Å². The molecule has 2 aliphatic carbocycles. The van der Waals surface area contributed by atoms with Crippen molar-refractivity contribution in [1.82, 2.24) is 4.90 Å². The van der Waals surface area contributed by atoms with Gasteiger partial charge in [0.1, 0.15) is 0 Å². The summed E-state index contributed by atoms with van der Waals surface area (Å²) in [5.74, 6) is -4.08. The zero-order valence-electron chi connectivity index (χ0n) is 10.4. The summed E-state index contributed by atoms with van der Waals surface area (Å²) in [4.78, 5) is 13.6. The van der Waals surface area contributed by atoms with Gasteiger partial charge in [-0.25, -0.2) is 8.78 Å². The third-order valence-electron chi connectivity index (χ3n) is 4.95. The van der Waals surface area contributed by atoms with Crippen LogP contribution in [0.2, 0.25) is 0 Å². The van der Waals surface area contributed by atoms with Crippen LogP contribution < -0.4 is 0 Å². The Labute approximate surface area is 105 Å². The van der Waals surface area contributed by atoms with Crippen LogP contribution in [0.15, 0.2) is 0 Å². The average molecular weight is 259 g/mol. The Morgan fingerprint density at radius 2 is 1.78 bits per heavy atom. The first-order chi connectivity index (χ1) is 8.41. The van der Waals surface area contributed by atoms with Crippen molar-refractivity contribution >= 4 is 5.91 Å². The zero-order valence-corrected chi connectivity index (χ0v) is 10.4. The smallest absolute Gasteiger partial charge is 0.257 e. The van der Waals surface area contributed by atoms with Crippen molar-refractivity contribution in [3.05, 3.63) is 0 Å². The monoisotopic (exact) mass is 259 g/mol. The maximum atomic E-state index is 13.7. The van der Waals surface area contributed by atoms with Crippen LogP contribution in [-0.2, 0) is 4.79 Å². The Balaban J connectivity index is 1.63. The van der Waals surface area contributed by atoms with Crippen LogP contribution in [0.3, 0.4) is 0 Å². The van der Waals surface area contributed by atoms with Gasteiger partial charge in [-0.15, -0.1) is 0 Å². The second kappa shape index (κ2) is 3.89. The van der Waals surface area contributed by atoms with E-state index in [9.17, 15) is 18.7 Å². The number of rotatable bonds is 2. The summed E-state index contributed by atoms with van der Waals surface area (Å²) in [7, 11) is 0. The fourth-order valence-corrected chi connectivity index (χ4v) is 3.51. The van der Waals surface area contributed by atoms with Gasteiger partial charge in [0.15, 0.2) is 0 Å². The predicted molar refractivity (Wildman–Crippen MR) is 61.2 cm³/mol. The summed E-state index contributed by atoms with van der Waals surface area (Å²) in [6.07, 6.45) is 3.42. The Morgan fingerprint density at radius 3 is 2.22 bits per heavy atom. The maximum Gasteiger partial charge on any atom is 0.257 e. The molecule has 3 fully saturated rings. The number of fused-ring (bicyclic) bond motifs is 2. The topological polar surface area (TPSA) is 40.5 Å². The first-order valence-electron chi connectivity index (χ1n) is 6.79. The summed E-state index contributed by atoms with van der Waals surface area (Å²) < 4.78 is 27.4. The summed E-state index contributed by atoms with van der Waals surface area (Å²) in [5.41, 5.74) is -0.851. The van der Waals surface area contributed by atoms with E-state index >= 15 is 0 Å². The molecule has 1 aliphatic heterocycles. The molecule has 2 atom stereocenters. The van der Waals surface area contributed by atoms with Gasteiger partial charge in [-0.3, -0.25) is 4.79 Å². The van der Waals surface area contributed by atoms with E-state index in [4.69, 9.17) is 0 Å². The highest BCUT2D eigenvalue weighted by Gasteiger charge is 2.56. The van der Waals surface area contributed by atoms with Gasteiger partial charge in [0.2, 0.25) is 5.91 Å². The minimum Gasteiger partial charge on any atom is -0.389 e. The van der Waals surface area contributed by atoms with Crippen molar-refractivity contribution in [2.45, 2.75) is 50.0 Å². The van der Waals surface area contributed by atoms with E-state index in [1.54, 1.807) is 4.90 Å². The molecule has 1 heterocycles. The largest absolute Gasteiger partial charge is 0.389 e. The van der Waals surface area contributed by atoms with Gasteiger partial charge in [-0.2, -0.15) is 0 Å². The minimum absolute atomic E-state index is 0.109. The summed E-state index contributed by atoms with van der Waals surface area (Å²) in [6, 6.07) is 0. The molecule has 102 valence electrons. The molecule has 1 amide bonds. The molecule has 2 saturated carbocycles. The standard InChI is InChI=1S/C13H19F2NO2/c14-13(15)9-2-3-10(13)8-16(7-9)11(17)6-12(18)4-1-5-12/h9-10,18H,1-8H2. The number of alkyl halides is 2. The molecule has 5 heteroatoms. The van der Waals surface area contributed by atoms with Crippen molar-refractivity contribution in [1.29, 1.82) is 0 Å². The zero-order chi connectivity index (χ0) is 13.0. The SMILES string of the molecule is O=C(CC1(O)CCC1)N1CC2CCC(C1)C2(F)F. The van der Waals surface area contributed by atoms with Gasteiger partial charge in [-0.05, 0) is 32.1 Å². The highest BCUT2D eigenvalue weighted by Crippen LogP contribution is 2.49. The van der Waals surface area contributed by atoms with Crippen molar-refractivity contribution in [2.24, 2.45) is 11.8 Å². The van der Waals surface area contributed by atoms with Crippen LogP contribution >= 0.6 is 0 Å². The van der Waals surface area contributed by atoms with Crippen molar-refractivity contribution in [3.63, 3.8) is 0 Å². The van der Waals surface area contributed by atoms with Crippen LogP contribution in [0.25, 0.3) is 0 Å². The molecule has 3 nitrogen and oxygen atoms in total. The lowest BCUT2D eigenvalue weighted by atomic mass is 9.77. The molecule has 0 aromatic heterocycles. The molecule has 0 spiro atoms. The number of nitrogens with zero attached hydrogens (tertiary/aromatic N) is 1. The highest BCUT2D eigenvalue weighted by molar-refractivity contribution is 5.77. The first-order valence-corrected chi connectivity index (χ1v) is 6.79. The van der Waals surface area contributed by atoms with Crippen molar-refractivity contribution in [2.75, 3.05) is 13.1 Å². The lowest BCUT2D eigenvalue weighted by molar-refractivity contribution is -0.156. The quantitative estimate of drug-likeness (QED) is 0.821. The Hall–Kier alpha value is -0.710. The summed E-state index contributed by atoms with van der Waals surface area (Å²) in [6.45, 7) is 0.330. The van der Waals surface area contributed by atoms with Gasteiger partial charge >= 0.3 is 0 Å². The number of hydrogen-bond donors (Lipinski definition) is 1. The van der Waals surface area contributed by atoms with E-state index in [1.807, 2.05) is 0 Å². The van der Waals surface area contributed by atoms with Gasteiger partial charge in [-0.1, -0.05) is 0 Å². The van der Waals surface area contributed by atoms with Crippen molar-refractivity contribution < 1.29 is 18.7 Å². The molecule has 0 radical (unpaired) electrons. The minimum atomic E-state index is -2.59. The first kappa shape index (κ1) is 12.3. The molecule has 3 aliphatic rings. The van der Waals surface area contributed by atoms with Crippen molar-refractivity contribution in [3.8, 4) is 0 Å². The highest BCUT2D eigenvalue weighted by atomic mass is 19.3. The van der Waals surface area contributed by atoms with E-state index in [0.717, 1.165) is 6.42 Å². The molecule has 1 saturated heterocycles. The number of aliphatic hydroxyl groups is 1. The molecular formula is C13H19F2NO2. The van der Waals surface area contributed by atoms with Gasteiger partial charge < -0.3 is 10.0 Å². The van der Waals surface area contributed by atoms with E-state index in [2.05, 4.69) is 0 Å². The maximum absolute atomic E-state index is 13.7. The number of likely N-dealkylation sites (tertiary alicyclic amines) is 1. The molecular weight excluding hydrogens is 240 g/mol. The molecule has 0 aromatic carbocycles. The average Bonchev–Trinajstić information content (AvgIpc) is 2.48. The van der Waals surface area contributed by atoms with Gasteiger partial charge in [0.05, 0.1) is 12.0 Å².